The van der Waals surface area contributed by atoms with Crippen LogP contribution in [0.2, 0.25) is 0 Å². The van der Waals surface area contributed by atoms with Gasteiger partial charge in [0.2, 0.25) is 0 Å². The molecule has 0 aliphatic rings. The lowest BCUT2D eigenvalue weighted by Gasteiger charge is -2.07. The molecule has 1 heterocycles. The highest BCUT2D eigenvalue weighted by Gasteiger charge is 2.00. The van der Waals surface area contributed by atoms with Gasteiger partial charge in [0, 0.05) is 18.8 Å². The van der Waals surface area contributed by atoms with Crippen molar-refractivity contribution in [3.8, 4) is 5.75 Å². The molecule has 0 atom stereocenters. The molecule has 0 amide bonds. The third-order valence-corrected chi connectivity index (χ3v) is 2.33. The quantitative estimate of drug-likeness (QED) is 0.843. The number of hydrogen-bond acceptors (Lipinski definition) is 4. The molecule has 5 heteroatoms. The van der Waals surface area contributed by atoms with E-state index in [0.29, 0.717) is 6.54 Å². The van der Waals surface area contributed by atoms with Crippen LogP contribution in [-0.2, 0) is 13.6 Å². The van der Waals surface area contributed by atoms with Gasteiger partial charge in [-0.05, 0) is 12.1 Å². The van der Waals surface area contributed by atoms with E-state index in [1.807, 2.05) is 35.9 Å². The van der Waals surface area contributed by atoms with Crippen LogP contribution in [0.1, 0.15) is 5.82 Å². The Balaban J connectivity index is 2.02. The van der Waals surface area contributed by atoms with Gasteiger partial charge in [0.05, 0.1) is 13.7 Å². The number of methoxy groups -OCH3 is 1. The number of hydrogen-bond donors (Lipinski definition) is 1. The summed E-state index contributed by atoms with van der Waals surface area (Å²) in [5, 5.41) is 11.1. The van der Waals surface area contributed by atoms with Crippen molar-refractivity contribution in [3.05, 3.63) is 36.4 Å². The minimum Gasteiger partial charge on any atom is -0.497 e. The smallest absolute Gasteiger partial charge is 0.151 e. The van der Waals surface area contributed by atoms with Gasteiger partial charge in [-0.2, -0.15) is 0 Å². The first-order valence-corrected chi connectivity index (χ1v) is 5.00. The first-order valence-electron chi connectivity index (χ1n) is 5.00. The Kier molecular flexibility index (Phi) is 3.05. The molecule has 0 spiro atoms. The Labute approximate surface area is 94.1 Å². The predicted molar refractivity (Wildman–Crippen MR) is 61.3 cm³/mol. The molecule has 0 fully saturated rings. The molecule has 1 N–H and O–H groups in total. The second-order valence-corrected chi connectivity index (χ2v) is 3.44. The molecule has 2 aromatic rings. The van der Waals surface area contributed by atoms with Crippen LogP contribution in [0.25, 0.3) is 0 Å². The van der Waals surface area contributed by atoms with Crippen LogP contribution in [0.5, 0.6) is 5.75 Å². The molecule has 0 aliphatic carbocycles. The number of ether oxygens (including phenoxy) is 1. The minimum absolute atomic E-state index is 0.643. The lowest BCUT2D eigenvalue weighted by Crippen LogP contribution is -2.05. The maximum absolute atomic E-state index is 5.14. The second-order valence-electron chi connectivity index (χ2n) is 3.44. The highest BCUT2D eigenvalue weighted by atomic mass is 16.5. The number of aryl methyl sites for hydroxylation is 1. The standard InChI is InChI=1S/C11H14N4O/c1-15-8-13-14-11(15)7-12-9-4-3-5-10(6-9)16-2/h3-6,8,12H,7H2,1-2H3. The van der Waals surface area contributed by atoms with E-state index in [4.69, 9.17) is 4.74 Å². The van der Waals surface area contributed by atoms with E-state index in [2.05, 4.69) is 15.5 Å². The Morgan fingerprint density at radius 1 is 1.44 bits per heavy atom. The van der Waals surface area contributed by atoms with Crippen LogP contribution in [0.3, 0.4) is 0 Å². The number of rotatable bonds is 4. The summed E-state index contributed by atoms with van der Waals surface area (Å²) < 4.78 is 7.02. The summed E-state index contributed by atoms with van der Waals surface area (Å²) in [4.78, 5) is 0. The predicted octanol–water partition coefficient (Wildman–Crippen LogP) is 1.44. The van der Waals surface area contributed by atoms with E-state index >= 15 is 0 Å². The first kappa shape index (κ1) is 10.5. The minimum atomic E-state index is 0.643. The number of anilines is 1. The normalized spacial score (nSPS) is 10.1. The molecule has 0 radical (unpaired) electrons. The van der Waals surface area contributed by atoms with Gasteiger partial charge in [-0.1, -0.05) is 6.07 Å². The van der Waals surface area contributed by atoms with Crippen molar-refractivity contribution < 1.29 is 4.74 Å². The van der Waals surface area contributed by atoms with Gasteiger partial charge in [0.25, 0.3) is 0 Å². The van der Waals surface area contributed by atoms with Crippen LogP contribution in [-0.4, -0.2) is 21.9 Å². The molecular weight excluding hydrogens is 204 g/mol. The average molecular weight is 218 g/mol. The summed E-state index contributed by atoms with van der Waals surface area (Å²) in [6.07, 6.45) is 1.68. The lowest BCUT2D eigenvalue weighted by atomic mass is 10.3. The highest BCUT2D eigenvalue weighted by Crippen LogP contribution is 2.16. The van der Waals surface area contributed by atoms with E-state index in [0.717, 1.165) is 17.3 Å². The fourth-order valence-corrected chi connectivity index (χ4v) is 1.38. The van der Waals surface area contributed by atoms with Gasteiger partial charge in [-0.25, -0.2) is 0 Å². The van der Waals surface area contributed by atoms with Crippen molar-refractivity contribution in [2.45, 2.75) is 6.54 Å². The summed E-state index contributed by atoms with van der Waals surface area (Å²) in [6, 6.07) is 7.78. The largest absolute Gasteiger partial charge is 0.497 e. The molecular formula is C11H14N4O. The topological polar surface area (TPSA) is 52.0 Å². The van der Waals surface area contributed by atoms with E-state index in [1.54, 1.807) is 13.4 Å². The van der Waals surface area contributed by atoms with Crippen LogP contribution in [0.15, 0.2) is 30.6 Å². The molecule has 84 valence electrons. The van der Waals surface area contributed by atoms with Crippen molar-refractivity contribution >= 4 is 5.69 Å². The van der Waals surface area contributed by atoms with Crippen molar-refractivity contribution in [2.75, 3.05) is 12.4 Å². The van der Waals surface area contributed by atoms with Gasteiger partial charge in [0.15, 0.2) is 5.82 Å². The third kappa shape index (κ3) is 2.31. The fraction of sp³-hybridized carbons (Fsp3) is 0.273. The van der Waals surface area contributed by atoms with Crippen molar-refractivity contribution in [3.63, 3.8) is 0 Å². The Morgan fingerprint density at radius 2 is 2.31 bits per heavy atom. The van der Waals surface area contributed by atoms with Gasteiger partial charge < -0.3 is 14.6 Å². The van der Waals surface area contributed by atoms with Crippen LogP contribution in [0, 0.1) is 0 Å². The number of benzene rings is 1. The zero-order chi connectivity index (χ0) is 11.4. The second kappa shape index (κ2) is 4.65. The zero-order valence-electron chi connectivity index (χ0n) is 9.34. The summed E-state index contributed by atoms with van der Waals surface area (Å²) in [5.41, 5.74) is 1.00. The summed E-state index contributed by atoms with van der Waals surface area (Å²) in [5.74, 6) is 1.73. The van der Waals surface area contributed by atoms with E-state index < -0.39 is 0 Å². The number of aromatic nitrogens is 3. The van der Waals surface area contributed by atoms with Crippen LogP contribution in [0.4, 0.5) is 5.69 Å². The molecule has 1 aromatic carbocycles. The van der Waals surface area contributed by atoms with Crippen LogP contribution >= 0.6 is 0 Å². The number of nitrogens with zero attached hydrogens (tertiary/aromatic N) is 3. The molecule has 0 saturated heterocycles. The molecule has 2 rings (SSSR count). The Bertz CT molecular complexity index is 467. The summed E-state index contributed by atoms with van der Waals surface area (Å²) in [7, 11) is 3.57. The molecule has 5 nitrogen and oxygen atoms in total. The molecule has 0 unspecified atom stereocenters. The van der Waals surface area contributed by atoms with Gasteiger partial charge in [0.1, 0.15) is 12.1 Å². The van der Waals surface area contributed by atoms with Crippen molar-refractivity contribution in [2.24, 2.45) is 7.05 Å². The van der Waals surface area contributed by atoms with Gasteiger partial charge in [-0.3, -0.25) is 0 Å². The number of nitrogens with one attached hydrogen (secondary N) is 1. The zero-order valence-corrected chi connectivity index (χ0v) is 9.34. The van der Waals surface area contributed by atoms with E-state index in [9.17, 15) is 0 Å². The van der Waals surface area contributed by atoms with Gasteiger partial charge in [-0.15, -0.1) is 10.2 Å². The molecule has 16 heavy (non-hydrogen) atoms. The summed E-state index contributed by atoms with van der Waals surface area (Å²) >= 11 is 0. The fourth-order valence-electron chi connectivity index (χ4n) is 1.38. The Morgan fingerprint density at radius 3 is 3.00 bits per heavy atom. The molecule has 0 bridgehead atoms. The molecule has 0 aliphatic heterocycles. The van der Waals surface area contributed by atoms with Crippen molar-refractivity contribution in [1.82, 2.24) is 14.8 Å². The highest BCUT2D eigenvalue weighted by molar-refractivity contribution is 5.48. The molecule has 0 saturated carbocycles. The molecule has 1 aromatic heterocycles. The van der Waals surface area contributed by atoms with Crippen LogP contribution < -0.4 is 10.1 Å². The SMILES string of the molecule is COc1cccc(NCc2nncn2C)c1. The monoisotopic (exact) mass is 218 g/mol. The first-order chi connectivity index (χ1) is 7.79. The van der Waals surface area contributed by atoms with E-state index in [-0.39, 0.29) is 0 Å². The maximum atomic E-state index is 5.14. The third-order valence-electron chi connectivity index (χ3n) is 2.33. The van der Waals surface area contributed by atoms with Crippen molar-refractivity contribution in [1.29, 1.82) is 0 Å². The van der Waals surface area contributed by atoms with Gasteiger partial charge >= 0.3 is 0 Å². The maximum Gasteiger partial charge on any atom is 0.151 e. The average Bonchev–Trinajstić information content (AvgIpc) is 2.72. The van der Waals surface area contributed by atoms with E-state index in [1.165, 1.54) is 0 Å². The summed E-state index contributed by atoms with van der Waals surface area (Å²) in [6.45, 7) is 0.643. The Hall–Kier alpha value is -2.04. The lowest BCUT2D eigenvalue weighted by molar-refractivity contribution is 0.415.